The van der Waals surface area contributed by atoms with Crippen molar-refractivity contribution in [2.24, 2.45) is 5.10 Å². The molecule has 0 aromatic heterocycles. The molecular formula is C17H13BrClN3O4. The van der Waals surface area contributed by atoms with E-state index in [1.54, 1.807) is 37.3 Å². The number of carbonyl (C=O) groups is 2. The maximum absolute atomic E-state index is 12.0. The molecule has 2 amide bonds. The lowest BCUT2D eigenvalue weighted by molar-refractivity contribution is -0.136. The average Bonchev–Trinajstić information content (AvgIpc) is 3.05. The monoisotopic (exact) mass is 437 g/mol. The van der Waals surface area contributed by atoms with Gasteiger partial charge in [0.05, 0.1) is 6.21 Å². The third-order valence-electron chi connectivity index (χ3n) is 3.52. The van der Waals surface area contributed by atoms with Crippen molar-refractivity contribution in [2.75, 3.05) is 12.1 Å². The van der Waals surface area contributed by atoms with Crippen LogP contribution in [-0.2, 0) is 9.59 Å². The molecule has 7 nitrogen and oxygen atoms in total. The Morgan fingerprint density at radius 3 is 2.69 bits per heavy atom. The van der Waals surface area contributed by atoms with Gasteiger partial charge in [0.15, 0.2) is 11.5 Å². The lowest BCUT2D eigenvalue weighted by Crippen LogP contribution is -2.32. The lowest BCUT2D eigenvalue weighted by Gasteiger charge is -2.07. The molecule has 0 atom stereocenters. The maximum Gasteiger partial charge on any atom is 0.329 e. The zero-order valence-corrected chi connectivity index (χ0v) is 15.8. The Labute approximate surface area is 162 Å². The van der Waals surface area contributed by atoms with Crippen LogP contribution in [0.2, 0.25) is 5.02 Å². The van der Waals surface area contributed by atoms with Crippen LogP contribution < -0.4 is 20.2 Å². The second-order valence-corrected chi connectivity index (χ2v) is 6.63. The Morgan fingerprint density at radius 1 is 1.19 bits per heavy atom. The zero-order valence-electron chi connectivity index (χ0n) is 13.5. The van der Waals surface area contributed by atoms with Crippen LogP contribution in [0, 0.1) is 6.92 Å². The van der Waals surface area contributed by atoms with E-state index in [0.29, 0.717) is 32.2 Å². The highest BCUT2D eigenvalue weighted by Crippen LogP contribution is 2.36. The van der Waals surface area contributed by atoms with Gasteiger partial charge in [-0.25, -0.2) is 5.43 Å². The molecule has 2 aromatic carbocycles. The molecule has 1 aliphatic rings. The second kappa shape index (κ2) is 7.76. The average molecular weight is 439 g/mol. The van der Waals surface area contributed by atoms with Crippen molar-refractivity contribution in [1.82, 2.24) is 5.43 Å². The molecule has 2 N–H and O–H groups in total. The number of anilines is 1. The Morgan fingerprint density at radius 2 is 1.92 bits per heavy atom. The number of ether oxygens (including phenoxy) is 2. The van der Waals surface area contributed by atoms with E-state index < -0.39 is 11.8 Å². The molecule has 0 fully saturated rings. The molecular weight excluding hydrogens is 426 g/mol. The zero-order chi connectivity index (χ0) is 18.7. The molecule has 0 spiro atoms. The first-order valence-corrected chi connectivity index (χ1v) is 8.61. The smallest absolute Gasteiger partial charge is 0.329 e. The predicted octanol–water partition coefficient (Wildman–Crippen LogP) is 3.23. The maximum atomic E-state index is 12.0. The summed E-state index contributed by atoms with van der Waals surface area (Å²) in [4.78, 5) is 23.8. The number of halogens is 2. The molecule has 0 saturated carbocycles. The van der Waals surface area contributed by atoms with Gasteiger partial charge in [0.2, 0.25) is 6.79 Å². The van der Waals surface area contributed by atoms with Crippen molar-refractivity contribution in [1.29, 1.82) is 0 Å². The summed E-state index contributed by atoms with van der Waals surface area (Å²) in [7, 11) is 0. The van der Waals surface area contributed by atoms with Crippen molar-refractivity contribution in [2.45, 2.75) is 6.92 Å². The molecule has 1 heterocycles. The fourth-order valence-electron chi connectivity index (χ4n) is 2.15. The number of hydrazone groups is 1. The van der Waals surface area contributed by atoms with Crippen molar-refractivity contribution in [3.8, 4) is 11.5 Å². The summed E-state index contributed by atoms with van der Waals surface area (Å²) in [5.74, 6) is -0.556. The van der Waals surface area contributed by atoms with Crippen molar-refractivity contribution < 1.29 is 19.1 Å². The third-order valence-corrected chi connectivity index (χ3v) is 4.44. The van der Waals surface area contributed by atoms with Gasteiger partial charge in [-0.3, -0.25) is 9.59 Å². The van der Waals surface area contributed by atoms with Gasteiger partial charge in [-0.1, -0.05) is 17.7 Å². The molecule has 3 rings (SSSR count). The Balaban J connectivity index is 1.62. The fraction of sp³-hybridized carbons (Fsp3) is 0.118. The van der Waals surface area contributed by atoms with Gasteiger partial charge in [0.1, 0.15) is 0 Å². The van der Waals surface area contributed by atoms with Gasteiger partial charge >= 0.3 is 11.8 Å². The second-order valence-electron chi connectivity index (χ2n) is 5.34. The van der Waals surface area contributed by atoms with Gasteiger partial charge in [-0.15, -0.1) is 0 Å². The van der Waals surface area contributed by atoms with Crippen LogP contribution in [0.5, 0.6) is 11.5 Å². The number of nitrogens with one attached hydrogen (secondary N) is 2. The minimum absolute atomic E-state index is 0.155. The lowest BCUT2D eigenvalue weighted by atomic mass is 10.2. The van der Waals surface area contributed by atoms with E-state index in [-0.39, 0.29) is 6.79 Å². The van der Waals surface area contributed by atoms with Gasteiger partial charge in [-0.05, 0) is 52.7 Å². The van der Waals surface area contributed by atoms with Crippen molar-refractivity contribution >= 4 is 51.2 Å². The Hall–Kier alpha value is -2.58. The summed E-state index contributed by atoms with van der Waals surface area (Å²) in [6.07, 6.45) is 1.39. The number of nitrogens with zero attached hydrogens (tertiary/aromatic N) is 1. The normalized spacial score (nSPS) is 12.3. The van der Waals surface area contributed by atoms with Crippen LogP contribution in [-0.4, -0.2) is 24.8 Å². The van der Waals surface area contributed by atoms with Crippen LogP contribution in [0.4, 0.5) is 5.69 Å². The van der Waals surface area contributed by atoms with Gasteiger partial charge in [-0.2, -0.15) is 5.10 Å². The highest BCUT2D eigenvalue weighted by atomic mass is 79.9. The number of hydrogen-bond donors (Lipinski definition) is 2. The van der Waals surface area contributed by atoms with Crippen LogP contribution in [0.15, 0.2) is 39.9 Å². The van der Waals surface area contributed by atoms with E-state index in [0.717, 1.165) is 5.56 Å². The van der Waals surface area contributed by atoms with Gasteiger partial charge < -0.3 is 14.8 Å². The number of benzene rings is 2. The van der Waals surface area contributed by atoms with Crippen LogP contribution in [0.3, 0.4) is 0 Å². The highest BCUT2D eigenvalue weighted by molar-refractivity contribution is 9.10. The first-order valence-electron chi connectivity index (χ1n) is 7.44. The molecule has 0 radical (unpaired) electrons. The molecule has 2 aromatic rings. The predicted molar refractivity (Wildman–Crippen MR) is 101 cm³/mol. The summed E-state index contributed by atoms with van der Waals surface area (Å²) >= 11 is 9.26. The topological polar surface area (TPSA) is 89.0 Å². The summed E-state index contributed by atoms with van der Waals surface area (Å²) in [6, 6.07) is 8.44. The summed E-state index contributed by atoms with van der Waals surface area (Å²) in [6.45, 7) is 1.95. The third kappa shape index (κ3) is 4.14. The number of carbonyl (C=O) groups excluding carboxylic acids is 2. The van der Waals surface area contributed by atoms with E-state index in [9.17, 15) is 9.59 Å². The van der Waals surface area contributed by atoms with Crippen LogP contribution >= 0.6 is 27.5 Å². The Bertz CT molecular complexity index is 917. The van der Waals surface area contributed by atoms with E-state index in [2.05, 4.69) is 31.8 Å². The van der Waals surface area contributed by atoms with E-state index in [1.807, 2.05) is 0 Å². The number of hydrogen-bond acceptors (Lipinski definition) is 5. The van der Waals surface area contributed by atoms with Gasteiger partial charge in [0.25, 0.3) is 0 Å². The molecule has 0 bridgehead atoms. The largest absolute Gasteiger partial charge is 0.454 e. The SMILES string of the molecule is Cc1ccc(Cl)cc1NC(=O)C(=O)N/N=C/c1cc2c(cc1Br)OCO2. The molecule has 1 aliphatic heterocycles. The number of aryl methyl sites for hydroxylation is 1. The summed E-state index contributed by atoms with van der Waals surface area (Å²) in [5.41, 5.74) is 4.07. The fourth-order valence-corrected chi connectivity index (χ4v) is 2.75. The Kier molecular flexibility index (Phi) is 5.43. The minimum Gasteiger partial charge on any atom is -0.454 e. The molecule has 9 heteroatoms. The summed E-state index contributed by atoms with van der Waals surface area (Å²) < 4.78 is 11.2. The quantitative estimate of drug-likeness (QED) is 0.437. The van der Waals surface area contributed by atoms with Crippen molar-refractivity contribution in [3.63, 3.8) is 0 Å². The van der Waals surface area contributed by atoms with Gasteiger partial charge in [0, 0.05) is 20.7 Å². The first-order chi connectivity index (χ1) is 12.4. The van der Waals surface area contributed by atoms with E-state index in [4.69, 9.17) is 21.1 Å². The van der Waals surface area contributed by atoms with E-state index >= 15 is 0 Å². The standard InChI is InChI=1S/C17H13BrClN3O4/c1-9-2-3-11(19)5-13(9)21-16(23)17(24)22-20-7-10-4-14-15(6-12(10)18)26-8-25-14/h2-7H,8H2,1H3,(H,21,23)(H,22,24)/b20-7+. The van der Waals surface area contributed by atoms with Crippen molar-refractivity contribution in [3.05, 3.63) is 51.0 Å². The minimum atomic E-state index is -0.905. The number of fused-ring (bicyclic) bond motifs is 1. The number of amides is 2. The van der Waals surface area contributed by atoms with E-state index in [1.165, 1.54) is 6.21 Å². The first kappa shape index (κ1) is 18.2. The molecule has 134 valence electrons. The van der Waals surface area contributed by atoms with Crippen LogP contribution in [0.1, 0.15) is 11.1 Å². The molecule has 0 saturated heterocycles. The molecule has 26 heavy (non-hydrogen) atoms. The number of rotatable bonds is 3. The summed E-state index contributed by atoms with van der Waals surface area (Å²) in [5, 5.41) is 6.74. The molecule has 0 aliphatic carbocycles. The highest BCUT2D eigenvalue weighted by Gasteiger charge is 2.16. The van der Waals surface area contributed by atoms with Crippen LogP contribution in [0.25, 0.3) is 0 Å². The molecule has 0 unspecified atom stereocenters.